The molecule has 3 rings (SSSR count). The van der Waals surface area contributed by atoms with Crippen molar-refractivity contribution in [3.63, 3.8) is 0 Å². The minimum Gasteiger partial charge on any atom is -0.297 e. The zero-order valence-corrected chi connectivity index (χ0v) is 11.4. The number of aromatic nitrogens is 3. The van der Waals surface area contributed by atoms with E-state index in [1.165, 1.54) is 37.9 Å². The van der Waals surface area contributed by atoms with Crippen LogP contribution in [0.1, 0.15) is 30.5 Å². The van der Waals surface area contributed by atoms with Crippen molar-refractivity contribution < 1.29 is 0 Å². The molecule has 0 unspecified atom stereocenters. The summed E-state index contributed by atoms with van der Waals surface area (Å²) >= 11 is 0. The Morgan fingerprint density at radius 1 is 1.05 bits per heavy atom. The first-order valence-electron chi connectivity index (χ1n) is 7.02. The highest BCUT2D eigenvalue weighted by Gasteiger charge is 2.12. The van der Waals surface area contributed by atoms with Gasteiger partial charge in [-0.3, -0.25) is 4.90 Å². The van der Waals surface area contributed by atoms with Gasteiger partial charge in [-0.2, -0.15) is 0 Å². The first-order chi connectivity index (χ1) is 9.31. The molecule has 0 radical (unpaired) electrons. The third kappa shape index (κ3) is 3.01. The summed E-state index contributed by atoms with van der Waals surface area (Å²) in [6.07, 6.45) is 6.03. The Kier molecular flexibility index (Phi) is 3.60. The molecule has 1 aliphatic rings. The lowest BCUT2D eigenvalue weighted by molar-refractivity contribution is 0.218. The molecule has 0 atom stereocenters. The number of likely N-dealkylation sites (tertiary alicyclic amines) is 1. The van der Waals surface area contributed by atoms with Crippen molar-refractivity contribution in [1.29, 1.82) is 0 Å². The Balaban J connectivity index is 1.70. The maximum absolute atomic E-state index is 4.28. The van der Waals surface area contributed by atoms with Crippen molar-refractivity contribution in [2.75, 3.05) is 13.1 Å². The van der Waals surface area contributed by atoms with E-state index in [1.807, 2.05) is 10.9 Å². The molecule has 1 fully saturated rings. The highest BCUT2D eigenvalue weighted by atomic mass is 15.4. The zero-order chi connectivity index (χ0) is 13.1. The number of hydrogen-bond acceptors (Lipinski definition) is 3. The Labute approximate surface area is 114 Å². The van der Waals surface area contributed by atoms with Crippen molar-refractivity contribution >= 4 is 0 Å². The van der Waals surface area contributed by atoms with Crippen LogP contribution in [0.3, 0.4) is 0 Å². The second-order valence-electron chi connectivity index (χ2n) is 5.33. The molecule has 4 nitrogen and oxygen atoms in total. The molecule has 19 heavy (non-hydrogen) atoms. The Morgan fingerprint density at radius 2 is 1.79 bits per heavy atom. The van der Waals surface area contributed by atoms with Gasteiger partial charge in [0.2, 0.25) is 0 Å². The minimum atomic E-state index is 0.922. The molecular weight excluding hydrogens is 236 g/mol. The molecule has 0 bridgehead atoms. The molecule has 0 N–H and O–H groups in total. The van der Waals surface area contributed by atoms with Crippen LogP contribution in [0, 0.1) is 6.92 Å². The van der Waals surface area contributed by atoms with Gasteiger partial charge in [-0.05, 0) is 45.0 Å². The number of rotatable bonds is 3. The SMILES string of the molecule is Cc1ccc(-n2cc(CN3CCCCC3)nn2)cc1. The fourth-order valence-electron chi connectivity index (χ4n) is 2.54. The standard InChI is InChI=1S/C15H20N4/c1-13-5-7-15(8-6-13)19-12-14(16-17-19)11-18-9-3-2-4-10-18/h5-8,12H,2-4,9-11H2,1H3. The van der Waals surface area contributed by atoms with Gasteiger partial charge in [-0.15, -0.1) is 5.10 Å². The molecule has 1 aromatic carbocycles. The summed E-state index contributed by atoms with van der Waals surface area (Å²) < 4.78 is 1.86. The lowest BCUT2D eigenvalue weighted by Crippen LogP contribution is -2.29. The molecule has 0 spiro atoms. The molecule has 1 saturated heterocycles. The fourth-order valence-corrected chi connectivity index (χ4v) is 2.54. The second kappa shape index (κ2) is 5.53. The summed E-state index contributed by atoms with van der Waals surface area (Å²) in [5.41, 5.74) is 3.39. The molecule has 0 amide bonds. The van der Waals surface area contributed by atoms with Crippen LogP contribution in [0.2, 0.25) is 0 Å². The predicted molar refractivity (Wildman–Crippen MR) is 75.2 cm³/mol. The smallest absolute Gasteiger partial charge is 0.0971 e. The van der Waals surface area contributed by atoms with Crippen LogP contribution < -0.4 is 0 Å². The summed E-state index contributed by atoms with van der Waals surface area (Å²) in [5.74, 6) is 0. The topological polar surface area (TPSA) is 34.0 Å². The molecule has 0 aliphatic carbocycles. The first kappa shape index (κ1) is 12.4. The highest BCUT2D eigenvalue weighted by Crippen LogP contribution is 2.13. The zero-order valence-electron chi connectivity index (χ0n) is 11.4. The van der Waals surface area contributed by atoms with Crippen molar-refractivity contribution in [2.24, 2.45) is 0 Å². The van der Waals surface area contributed by atoms with Gasteiger partial charge in [0.15, 0.2) is 0 Å². The van der Waals surface area contributed by atoms with Gasteiger partial charge in [0, 0.05) is 6.54 Å². The summed E-state index contributed by atoms with van der Waals surface area (Å²) in [7, 11) is 0. The van der Waals surface area contributed by atoms with E-state index in [1.54, 1.807) is 0 Å². The van der Waals surface area contributed by atoms with E-state index in [0.717, 1.165) is 17.9 Å². The van der Waals surface area contributed by atoms with Crippen molar-refractivity contribution in [3.8, 4) is 5.69 Å². The molecule has 2 heterocycles. The van der Waals surface area contributed by atoms with Gasteiger partial charge in [-0.25, -0.2) is 4.68 Å². The van der Waals surface area contributed by atoms with Crippen LogP contribution in [0.4, 0.5) is 0 Å². The van der Waals surface area contributed by atoms with Crippen molar-refractivity contribution in [3.05, 3.63) is 41.7 Å². The quantitative estimate of drug-likeness (QED) is 0.846. The number of hydrogen-bond donors (Lipinski definition) is 0. The minimum absolute atomic E-state index is 0.922. The Hall–Kier alpha value is -1.68. The summed E-state index contributed by atoms with van der Waals surface area (Å²) in [6.45, 7) is 5.40. The number of nitrogens with zero attached hydrogens (tertiary/aromatic N) is 4. The fraction of sp³-hybridized carbons (Fsp3) is 0.467. The van der Waals surface area contributed by atoms with Gasteiger partial charge < -0.3 is 0 Å². The third-order valence-electron chi connectivity index (χ3n) is 3.67. The molecule has 2 aromatic rings. The average Bonchev–Trinajstić information content (AvgIpc) is 2.89. The molecule has 0 saturated carbocycles. The Morgan fingerprint density at radius 3 is 2.53 bits per heavy atom. The number of piperidine rings is 1. The predicted octanol–water partition coefficient (Wildman–Crippen LogP) is 2.56. The molecular formula is C15H20N4. The van der Waals surface area contributed by atoms with Crippen LogP contribution in [0.15, 0.2) is 30.5 Å². The second-order valence-corrected chi connectivity index (χ2v) is 5.33. The van der Waals surface area contributed by atoms with Gasteiger partial charge >= 0.3 is 0 Å². The van der Waals surface area contributed by atoms with Gasteiger partial charge in [0.05, 0.1) is 17.6 Å². The Bertz CT molecular complexity index is 523. The van der Waals surface area contributed by atoms with Crippen LogP contribution in [0.25, 0.3) is 5.69 Å². The van der Waals surface area contributed by atoms with E-state index >= 15 is 0 Å². The van der Waals surface area contributed by atoms with E-state index in [9.17, 15) is 0 Å². The summed E-state index contributed by atoms with van der Waals surface area (Å²) in [5, 5.41) is 8.50. The maximum Gasteiger partial charge on any atom is 0.0971 e. The molecule has 1 aliphatic heterocycles. The average molecular weight is 256 g/mol. The molecule has 1 aromatic heterocycles. The van der Waals surface area contributed by atoms with Gasteiger partial charge in [-0.1, -0.05) is 29.3 Å². The summed E-state index contributed by atoms with van der Waals surface area (Å²) in [6, 6.07) is 8.35. The molecule has 100 valence electrons. The lowest BCUT2D eigenvalue weighted by Gasteiger charge is -2.25. The first-order valence-corrected chi connectivity index (χ1v) is 7.02. The monoisotopic (exact) mass is 256 g/mol. The van der Waals surface area contributed by atoms with E-state index in [-0.39, 0.29) is 0 Å². The normalized spacial score (nSPS) is 16.7. The maximum atomic E-state index is 4.28. The number of aryl methyl sites for hydroxylation is 1. The van der Waals surface area contributed by atoms with E-state index in [2.05, 4.69) is 46.4 Å². The van der Waals surface area contributed by atoms with Crippen LogP contribution in [-0.2, 0) is 6.54 Å². The summed E-state index contributed by atoms with van der Waals surface area (Å²) in [4.78, 5) is 2.47. The van der Waals surface area contributed by atoms with Crippen molar-refractivity contribution in [2.45, 2.75) is 32.7 Å². The lowest BCUT2D eigenvalue weighted by atomic mass is 10.1. The van der Waals surface area contributed by atoms with Crippen molar-refractivity contribution in [1.82, 2.24) is 19.9 Å². The van der Waals surface area contributed by atoms with Crippen LogP contribution in [-0.4, -0.2) is 33.0 Å². The van der Waals surface area contributed by atoms with E-state index < -0.39 is 0 Å². The van der Waals surface area contributed by atoms with Crippen LogP contribution >= 0.6 is 0 Å². The number of benzene rings is 1. The highest BCUT2D eigenvalue weighted by molar-refractivity contribution is 5.33. The van der Waals surface area contributed by atoms with Crippen LogP contribution in [0.5, 0.6) is 0 Å². The van der Waals surface area contributed by atoms with Gasteiger partial charge in [0.1, 0.15) is 0 Å². The van der Waals surface area contributed by atoms with Gasteiger partial charge in [0.25, 0.3) is 0 Å². The van der Waals surface area contributed by atoms with E-state index in [4.69, 9.17) is 0 Å². The molecule has 4 heteroatoms. The largest absolute Gasteiger partial charge is 0.297 e. The third-order valence-corrected chi connectivity index (χ3v) is 3.67. The van der Waals surface area contributed by atoms with E-state index in [0.29, 0.717) is 0 Å².